The fourth-order valence-electron chi connectivity index (χ4n) is 12.4. The van der Waals surface area contributed by atoms with Gasteiger partial charge in [0, 0.05) is 21.3 Å². The largest absolute Gasteiger partial charge is 0.0776 e. The molecule has 4 aliphatic rings. The van der Waals surface area contributed by atoms with Crippen molar-refractivity contribution in [2.45, 2.75) is 126 Å². The third-order valence-corrected chi connectivity index (χ3v) is 103. The Labute approximate surface area is 232 Å². The highest BCUT2D eigenvalue weighted by atomic mass is 29.9. The molecule has 4 heterocycles. The van der Waals surface area contributed by atoms with E-state index in [4.69, 9.17) is 0 Å². The summed E-state index contributed by atoms with van der Waals surface area (Å²) in [5.41, 5.74) is 0. The average Bonchev–Trinajstić information content (AvgIpc) is 2.98. The zero-order valence-electron chi connectivity index (χ0n) is 24.0. The Hall–Kier alpha value is -0.476. The van der Waals surface area contributed by atoms with Crippen LogP contribution in [0.2, 0.25) is 60.4 Å². The number of fused-ring (bicyclic) bond motifs is 2. The minimum Gasteiger partial charge on any atom is -0.0682 e. The third kappa shape index (κ3) is 3.59. The van der Waals surface area contributed by atoms with Gasteiger partial charge in [-0.05, 0) is 0 Å². The summed E-state index contributed by atoms with van der Waals surface area (Å²) in [6.45, 7) is 5.64. The van der Waals surface area contributed by atoms with Crippen LogP contribution in [0.1, 0.15) is 65.2 Å². The molecule has 4 saturated heterocycles. The molecule has 0 radical (unpaired) electrons. The predicted molar refractivity (Wildman–Crippen MR) is 177 cm³/mol. The van der Waals surface area contributed by atoms with Gasteiger partial charge in [0.05, 0.1) is 15.2 Å². The van der Waals surface area contributed by atoms with Crippen LogP contribution in [0.3, 0.4) is 0 Å². The van der Waals surface area contributed by atoms with Crippen molar-refractivity contribution in [2.75, 3.05) is 0 Å². The summed E-state index contributed by atoms with van der Waals surface area (Å²) in [6.07, 6.45) is 12.8. The quantitative estimate of drug-likeness (QED) is 0.302. The van der Waals surface area contributed by atoms with Crippen LogP contribution in [0.5, 0.6) is 0 Å². The molecule has 0 aliphatic carbocycles. The van der Waals surface area contributed by atoms with Crippen LogP contribution in [0.4, 0.5) is 0 Å². The van der Waals surface area contributed by atoms with Gasteiger partial charge >= 0.3 is 0 Å². The fraction of sp³-hybridized carbons (Fsp3) is 0.625. The first-order valence-electron chi connectivity index (χ1n) is 16.3. The number of rotatable bonds is 6. The Morgan fingerprint density at radius 1 is 0.459 bits per heavy atom. The van der Waals surface area contributed by atoms with Crippen LogP contribution in [-0.4, -0.2) is 36.5 Å². The first-order chi connectivity index (χ1) is 18.2. The van der Waals surface area contributed by atoms with Gasteiger partial charge in [0.1, 0.15) is 0 Å². The van der Waals surface area contributed by atoms with E-state index in [1.807, 2.05) is 10.4 Å². The molecule has 0 amide bonds. The van der Waals surface area contributed by atoms with E-state index < -0.39 is 36.5 Å². The lowest BCUT2D eigenvalue weighted by Gasteiger charge is -2.72. The van der Waals surface area contributed by atoms with Gasteiger partial charge in [-0.15, -0.1) is 0 Å². The van der Waals surface area contributed by atoms with E-state index in [-0.39, 0.29) is 0 Å². The van der Waals surface area contributed by atoms with Crippen molar-refractivity contribution in [1.29, 1.82) is 0 Å². The molecule has 0 nitrogen and oxygen atoms in total. The molecule has 2 aromatic carbocycles. The molecule has 0 saturated carbocycles. The second kappa shape index (κ2) is 10.5. The highest BCUT2D eigenvalue weighted by molar-refractivity contribution is 7.94. The summed E-state index contributed by atoms with van der Waals surface area (Å²) in [4.78, 5) is 0. The Bertz CT molecular complexity index is 942. The number of hydrogen-bond acceptors (Lipinski definition) is 0. The molecule has 4 fully saturated rings. The Morgan fingerprint density at radius 2 is 0.757 bits per heavy atom. The Kier molecular flexibility index (Phi) is 7.58. The highest BCUT2D eigenvalue weighted by Gasteiger charge is 2.76. The summed E-state index contributed by atoms with van der Waals surface area (Å²) < 4.78 is 0. The Balaban J connectivity index is 1.64. The van der Waals surface area contributed by atoms with E-state index in [2.05, 4.69) is 74.5 Å². The maximum absolute atomic E-state index is 2.82. The molecule has 0 atom stereocenters. The van der Waals surface area contributed by atoms with Crippen LogP contribution in [0.15, 0.2) is 60.7 Å². The third-order valence-electron chi connectivity index (χ3n) is 13.4. The zero-order valence-corrected chi connectivity index (χ0v) is 29.0. The molecule has 37 heavy (non-hydrogen) atoms. The van der Waals surface area contributed by atoms with E-state index in [0.29, 0.717) is 0 Å². The molecule has 4 aliphatic heterocycles. The lowest BCUT2D eigenvalue weighted by molar-refractivity contribution is 0.767. The van der Waals surface area contributed by atoms with Crippen molar-refractivity contribution in [2.24, 2.45) is 0 Å². The second-order valence-corrected chi connectivity index (χ2v) is 58.5. The lowest BCUT2D eigenvalue weighted by atomic mass is 10.3. The van der Waals surface area contributed by atoms with Crippen molar-refractivity contribution in [3.63, 3.8) is 0 Å². The van der Waals surface area contributed by atoms with Crippen LogP contribution in [0, 0.1) is 0 Å². The molecule has 200 valence electrons. The molecule has 0 bridgehead atoms. The molecule has 5 heteroatoms. The maximum Gasteiger partial charge on any atom is 0.0776 e. The molecule has 6 rings (SSSR count). The molecular formula is C32H52Si5. The summed E-state index contributed by atoms with van der Waals surface area (Å²) >= 11 is 0. The van der Waals surface area contributed by atoms with E-state index >= 15 is 0 Å². The number of hydrogen-bond donors (Lipinski definition) is 0. The predicted octanol–water partition coefficient (Wildman–Crippen LogP) is 8.57. The summed E-state index contributed by atoms with van der Waals surface area (Å²) in [5, 5.41) is 3.95. The summed E-state index contributed by atoms with van der Waals surface area (Å²) in [6, 6.07) is 42.5. The molecule has 2 aromatic rings. The first-order valence-corrected chi connectivity index (χ1v) is 32.3. The molecule has 0 spiro atoms. The van der Waals surface area contributed by atoms with Crippen molar-refractivity contribution in [3.05, 3.63) is 60.7 Å². The zero-order chi connectivity index (χ0) is 25.5. The van der Waals surface area contributed by atoms with Gasteiger partial charge in [0.2, 0.25) is 0 Å². The minimum atomic E-state index is -1.44. The summed E-state index contributed by atoms with van der Waals surface area (Å²) in [5.74, 6) is 0. The van der Waals surface area contributed by atoms with Gasteiger partial charge in [0.15, 0.2) is 0 Å². The second-order valence-electron chi connectivity index (χ2n) is 13.7. The van der Waals surface area contributed by atoms with Crippen LogP contribution >= 0.6 is 0 Å². The molecule has 0 unspecified atom stereocenters. The van der Waals surface area contributed by atoms with Gasteiger partial charge in [-0.3, -0.25) is 0 Å². The van der Waals surface area contributed by atoms with Crippen LogP contribution < -0.4 is 10.4 Å². The van der Waals surface area contributed by atoms with Gasteiger partial charge < -0.3 is 0 Å². The Morgan fingerprint density at radius 3 is 1.05 bits per heavy atom. The minimum absolute atomic E-state index is 1.38. The fourth-order valence-corrected chi connectivity index (χ4v) is 152. The van der Waals surface area contributed by atoms with Gasteiger partial charge in [-0.2, -0.15) is 0 Å². The van der Waals surface area contributed by atoms with Gasteiger partial charge in [-0.1, -0.05) is 197 Å². The smallest absolute Gasteiger partial charge is 0.0682 e. The molecular weight excluding hydrogens is 525 g/mol. The maximum atomic E-state index is 2.82. The van der Waals surface area contributed by atoms with Gasteiger partial charge in [0.25, 0.3) is 0 Å². The highest BCUT2D eigenvalue weighted by Crippen LogP contribution is 2.60. The van der Waals surface area contributed by atoms with Gasteiger partial charge in [-0.25, -0.2) is 0 Å². The van der Waals surface area contributed by atoms with E-state index in [1.54, 1.807) is 112 Å². The van der Waals surface area contributed by atoms with Crippen molar-refractivity contribution in [1.82, 2.24) is 0 Å². The van der Waals surface area contributed by atoms with Crippen LogP contribution in [0.25, 0.3) is 0 Å². The van der Waals surface area contributed by atoms with E-state index in [9.17, 15) is 0 Å². The number of benzene rings is 2. The SMILES string of the molecule is CC[Si](CC)([Si]12CCCC[Si]1(c1ccccc1)CCCC2)[Si]12CCCC[Si]1(c1ccccc1)CCCC2. The first kappa shape index (κ1) is 26.7. The van der Waals surface area contributed by atoms with Crippen LogP contribution in [-0.2, 0) is 0 Å². The summed E-state index contributed by atoms with van der Waals surface area (Å²) in [7, 11) is -7.07. The van der Waals surface area contributed by atoms with E-state index in [1.165, 1.54) is 0 Å². The van der Waals surface area contributed by atoms with Crippen molar-refractivity contribution in [3.8, 4) is 0 Å². The topological polar surface area (TPSA) is 0 Å². The van der Waals surface area contributed by atoms with E-state index in [0.717, 1.165) is 0 Å². The lowest BCUT2D eigenvalue weighted by Crippen LogP contribution is -2.95. The molecule has 0 N–H and O–H groups in total. The average molecular weight is 577 g/mol. The van der Waals surface area contributed by atoms with Crippen molar-refractivity contribution >= 4 is 46.9 Å². The monoisotopic (exact) mass is 576 g/mol. The van der Waals surface area contributed by atoms with Crippen molar-refractivity contribution < 1.29 is 0 Å². The normalized spacial score (nSPS) is 36.4. The standard InChI is InChI=1S/C32H52Si5/c1-3-35(4-2,36-27-15-11-23-33(36,24-12-16-28-36)31-19-7-5-8-20-31)37-29-17-13-25-34(37,26-14-18-30-37)32-21-9-6-10-22-32/h5-10,19-22H,3-4,11-18,23-30H2,1-2H3. The molecule has 0 aromatic heterocycles.